The lowest BCUT2D eigenvalue weighted by Gasteiger charge is -2.33. The van der Waals surface area contributed by atoms with Gasteiger partial charge < -0.3 is 21.1 Å². The summed E-state index contributed by atoms with van der Waals surface area (Å²) in [6.07, 6.45) is 4.08. The molecule has 0 saturated heterocycles. The number of nitrogens with one attached hydrogen (secondary N) is 1. The molecule has 6 heteroatoms. The van der Waals surface area contributed by atoms with Crippen LogP contribution in [0.3, 0.4) is 0 Å². The smallest absolute Gasteiger partial charge is 0.0744 e. The maximum Gasteiger partial charge on any atom is 0.0744 e. The molecule has 1 aliphatic carbocycles. The van der Waals surface area contributed by atoms with Crippen molar-refractivity contribution in [3.05, 3.63) is 29.0 Å². The number of nitrogens with zero attached hydrogens (tertiary/aromatic N) is 1. The van der Waals surface area contributed by atoms with Gasteiger partial charge in [-0.15, -0.1) is 18.5 Å². The molecular weight excluding hydrogens is 456 g/mol. The number of likely N-dealkylation sites (N-methyl/N-ethyl adjacent to an activating group) is 1. The summed E-state index contributed by atoms with van der Waals surface area (Å²) in [5.41, 5.74) is 13.0. The molecule has 4 nitrogen and oxygen atoms in total. The molecule has 2 aliphatic rings. The fourth-order valence-corrected chi connectivity index (χ4v) is 4.54. The van der Waals surface area contributed by atoms with E-state index in [9.17, 15) is 5.11 Å². The first-order valence-corrected chi connectivity index (χ1v) is 14.6. The van der Waals surface area contributed by atoms with Gasteiger partial charge in [-0.2, -0.15) is 0 Å². The zero-order valence-corrected chi connectivity index (χ0v) is 26.6. The molecule has 1 fully saturated rings. The summed E-state index contributed by atoms with van der Waals surface area (Å²) in [5.74, 6) is 0.917. The van der Waals surface area contributed by atoms with Crippen LogP contribution in [0.4, 0.5) is 11.4 Å². The van der Waals surface area contributed by atoms with Gasteiger partial charge in [-0.25, -0.2) is 0 Å². The normalized spacial score (nSPS) is 17.3. The van der Waals surface area contributed by atoms with Crippen molar-refractivity contribution >= 4 is 35.2 Å². The molecule has 1 aromatic rings. The van der Waals surface area contributed by atoms with Gasteiger partial charge in [0, 0.05) is 43.1 Å². The van der Waals surface area contributed by atoms with Gasteiger partial charge in [-0.05, 0) is 66.3 Å². The molecule has 5 atom stereocenters. The van der Waals surface area contributed by atoms with Crippen LogP contribution in [0.25, 0.3) is 0 Å². The van der Waals surface area contributed by atoms with Gasteiger partial charge >= 0.3 is 0 Å². The lowest BCUT2D eigenvalue weighted by atomic mass is 9.85. The van der Waals surface area contributed by atoms with E-state index in [1.54, 1.807) is 0 Å². The number of nitrogens with two attached hydrogens (primary N) is 1. The molecule has 5 unspecified atom stereocenters. The van der Waals surface area contributed by atoms with Gasteiger partial charge in [0.2, 0.25) is 0 Å². The first-order valence-electron chi connectivity index (χ1n) is 13.3. The van der Waals surface area contributed by atoms with Crippen molar-refractivity contribution in [1.82, 2.24) is 0 Å². The van der Waals surface area contributed by atoms with E-state index in [0.717, 1.165) is 17.8 Å². The van der Waals surface area contributed by atoms with Gasteiger partial charge in [0.25, 0.3) is 0 Å². The Morgan fingerprint density at radius 2 is 1.59 bits per heavy atom. The van der Waals surface area contributed by atoms with Crippen LogP contribution in [0.15, 0.2) is 17.8 Å². The third-order valence-corrected chi connectivity index (χ3v) is 5.97. The Morgan fingerprint density at radius 1 is 1.12 bits per heavy atom. The van der Waals surface area contributed by atoms with Crippen LogP contribution >= 0.6 is 18.5 Å². The minimum absolute atomic E-state index is 0.215. The van der Waals surface area contributed by atoms with Crippen molar-refractivity contribution in [3.63, 3.8) is 0 Å². The average Bonchev–Trinajstić information content (AvgIpc) is 3.64. The molecular formula is C28H57N3OP2. The zero-order chi connectivity index (χ0) is 27.2. The predicted octanol–water partition coefficient (Wildman–Crippen LogP) is 6.81. The van der Waals surface area contributed by atoms with Crippen LogP contribution in [0.5, 0.6) is 0 Å². The van der Waals surface area contributed by atoms with Gasteiger partial charge in [0.05, 0.1) is 6.10 Å². The maximum absolute atomic E-state index is 9.98. The Labute approximate surface area is 217 Å². The van der Waals surface area contributed by atoms with Gasteiger partial charge in [0.15, 0.2) is 0 Å². The summed E-state index contributed by atoms with van der Waals surface area (Å²) in [6, 6.07) is 2.48. The summed E-state index contributed by atoms with van der Waals surface area (Å²) < 4.78 is 0. The summed E-state index contributed by atoms with van der Waals surface area (Å²) in [7, 11) is 7.67. The van der Waals surface area contributed by atoms with Crippen LogP contribution < -0.4 is 21.3 Å². The third-order valence-electron chi connectivity index (χ3n) is 5.53. The second kappa shape index (κ2) is 18.6. The van der Waals surface area contributed by atoms with E-state index >= 15 is 0 Å². The number of aliphatic hydroxyl groups is 1. The Bertz CT molecular complexity index is 713. The van der Waals surface area contributed by atoms with E-state index in [0.29, 0.717) is 5.92 Å². The second-order valence-corrected chi connectivity index (χ2v) is 10.7. The lowest BCUT2D eigenvalue weighted by Crippen LogP contribution is -2.38. The molecule has 0 spiro atoms. The first-order chi connectivity index (χ1) is 16.0. The summed E-state index contributed by atoms with van der Waals surface area (Å²) in [6.45, 7) is 23.3. The molecule has 1 aromatic carbocycles. The SMILES string of the molecule is CC.CC.CC.CC(C)P.Cc1c2c(cc(P)c1N(C)CC(N)C1CC1)C(C)C(C(C)O)=CN2. The quantitative estimate of drug-likeness (QED) is 0.379. The highest BCUT2D eigenvalue weighted by Crippen LogP contribution is 2.40. The van der Waals surface area contributed by atoms with Gasteiger partial charge in [0.1, 0.15) is 0 Å². The van der Waals surface area contributed by atoms with Crippen molar-refractivity contribution in [2.45, 2.75) is 113 Å². The highest BCUT2D eigenvalue weighted by atomic mass is 31.0. The van der Waals surface area contributed by atoms with Crippen LogP contribution in [-0.2, 0) is 0 Å². The molecule has 1 heterocycles. The van der Waals surface area contributed by atoms with E-state index in [1.165, 1.54) is 40.6 Å². The molecule has 34 heavy (non-hydrogen) atoms. The molecule has 200 valence electrons. The topological polar surface area (TPSA) is 61.5 Å². The molecule has 0 radical (unpaired) electrons. The van der Waals surface area contributed by atoms with E-state index in [-0.39, 0.29) is 12.0 Å². The molecule has 1 saturated carbocycles. The summed E-state index contributed by atoms with van der Waals surface area (Å²) in [5, 5.41) is 14.6. The van der Waals surface area contributed by atoms with Crippen LogP contribution in [0.2, 0.25) is 0 Å². The fraction of sp³-hybridized carbons (Fsp3) is 0.714. The highest BCUT2D eigenvalue weighted by molar-refractivity contribution is 7.28. The number of rotatable bonds is 5. The van der Waals surface area contributed by atoms with E-state index in [2.05, 4.69) is 69.5 Å². The Morgan fingerprint density at radius 3 is 2.00 bits per heavy atom. The number of hydrogen-bond acceptors (Lipinski definition) is 4. The fourth-order valence-electron chi connectivity index (χ4n) is 3.92. The lowest BCUT2D eigenvalue weighted by molar-refractivity contribution is 0.224. The molecule has 1 aliphatic heterocycles. The van der Waals surface area contributed by atoms with Crippen molar-refractivity contribution in [2.75, 3.05) is 23.8 Å². The second-order valence-electron chi connectivity index (χ2n) is 8.72. The Kier molecular flexibility index (Phi) is 19.4. The standard InChI is InChI=1S/C19H30N3OP.C3H9P.3C2H6/c1-10-14-7-17(24)19(22(4)9-16(20)13-5-6-13)11(2)18(14)21-8-15(10)12(3)23;1-3(2)4;3*1-2/h7-8,10,12-13,16,21,23H,5-6,9,20,24H2,1-4H3;3H,4H2,1-2H3;3*1-2H3. The number of fused-ring (bicyclic) bond motifs is 1. The number of hydrogen-bond donors (Lipinski definition) is 3. The minimum Gasteiger partial charge on any atom is -0.389 e. The monoisotopic (exact) mass is 513 g/mol. The van der Waals surface area contributed by atoms with Gasteiger partial charge in [-0.1, -0.05) is 62.3 Å². The molecule has 4 N–H and O–H groups in total. The van der Waals surface area contributed by atoms with Crippen molar-refractivity contribution in [1.29, 1.82) is 0 Å². The van der Waals surface area contributed by atoms with Crippen molar-refractivity contribution in [3.8, 4) is 0 Å². The van der Waals surface area contributed by atoms with Gasteiger partial charge in [-0.3, -0.25) is 0 Å². The van der Waals surface area contributed by atoms with Crippen LogP contribution in [0.1, 0.15) is 99.1 Å². The number of benzene rings is 1. The zero-order valence-electron chi connectivity index (χ0n) is 24.3. The predicted molar refractivity (Wildman–Crippen MR) is 165 cm³/mol. The van der Waals surface area contributed by atoms with E-state index in [4.69, 9.17) is 5.73 Å². The molecule has 3 rings (SSSR count). The Hall–Kier alpha value is -0.660. The number of aliphatic hydroxyl groups excluding tert-OH is 1. The largest absolute Gasteiger partial charge is 0.389 e. The average molecular weight is 514 g/mol. The van der Waals surface area contributed by atoms with E-state index < -0.39 is 6.10 Å². The van der Waals surface area contributed by atoms with Crippen LogP contribution in [0, 0.1) is 12.8 Å². The minimum atomic E-state index is -0.437. The molecule has 0 bridgehead atoms. The molecule has 0 amide bonds. The van der Waals surface area contributed by atoms with E-state index in [1.807, 2.05) is 54.7 Å². The first kappa shape index (κ1) is 35.5. The summed E-state index contributed by atoms with van der Waals surface area (Å²) in [4.78, 5) is 2.29. The Balaban J connectivity index is 0. The maximum atomic E-state index is 9.98. The van der Waals surface area contributed by atoms with Crippen LogP contribution in [-0.4, -0.2) is 36.5 Å². The van der Waals surface area contributed by atoms with Crippen molar-refractivity contribution in [2.24, 2.45) is 11.7 Å². The number of anilines is 2. The van der Waals surface area contributed by atoms with Crippen molar-refractivity contribution < 1.29 is 5.11 Å². The highest BCUT2D eigenvalue weighted by Gasteiger charge is 2.30. The third kappa shape index (κ3) is 10.9. The summed E-state index contributed by atoms with van der Waals surface area (Å²) >= 11 is 0. The molecule has 0 aromatic heterocycles.